The summed E-state index contributed by atoms with van der Waals surface area (Å²) in [6.07, 6.45) is -3.96. The van der Waals surface area contributed by atoms with Crippen LogP contribution in [0, 0.1) is 0 Å². The largest absolute Gasteiger partial charge is 0.480 e. The average molecular weight is 380 g/mol. The van der Waals surface area contributed by atoms with Gasteiger partial charge in [0.2, 0.25) is 15.9 Å². The standard InChI is InChI=1S/C14H15F3N2O5S/c15-14(16,17)9-3-1-4-10(7-9)25(23,24)18-8-12(20)19-6-2-5-11(19)13(21)22/h1,3-4,7,11,18H,2,5-6,8H2,(H,21,22). The molecule has 1 unspecified atom stereocenters. The first-order valence-corrected chi connectivity index (χ1v) is 8.70. The second-order valence-corrected chi connectivity index (χ2v) is 7.20. The molecule has 1 saturated heterocycles. The van der Waals surface area contributed by atoms with E-state index >= 15 is 0 Å². The number of hydrogen-bond donors (Lipinski definition) is 2. The van der Waals surface area contributed by atoms with Crippen LogP contribution in [-0.4, -0.2) is 49.4 Å². The van der Waals surface area contributed by atoms with Gasteiger partial charge in [0.15, 0.2) is 0 Å². The minimum Gasteiger partial charge on any atom is -0.480 e. The van der Waals surface area contributed by atoms with Crippen molar-refractivity contribution in [2.75, 3.05) is 13.1 Å². The number of amides is 1. The topological polar surface area (TPSA) is 104 Å². The zero-order valence-electron chi connectivity index (χ0n) is 12.8. The smallest absolute Gasteiger partial charge is 0.416 e. The first-order valence-electron chi connectivity index (χ1n) is 7.21. The summed E-state index contributed by atoms with van der Waals surface area (Å²) < 4.78 is 64.1. The Hall–Kier alpha value is -2.14. The lowest BCUT2D eigenvalue weighted by molar-refractivity contribution is -0.147. The summed E-state index contributed by atoms with van der Waals surface area (Å²) in [7, 11) is -4.35. The van der Waals surface area contributed by atoms with Crippen LogP contribution in [0.1, 0.15) is 18.4 Å². The van der Waals surface area contributed by atoms with E-state index in [2.05, 4.69) is 0 Å². The third-order valence-corrected chi connectivity index (χ3v) is 5.14. The van der Waals surface area contributed by atoms with Crippen LogP contribution in [-0.2, 0) is 25.8 Å². The fourth-order valence-electron chi connectivity index (χ4n) is 2.50. The first kappa shape index (κ1) is 19.2. The first-order chi connectivity index (χ1) is 11.5. The number of benzene rings is 1. The number of nitrogens with zero attached hydrogens (tertiary/aromatic N) is 1. The number of likely N-dealkylation sites (tertiary alicyclic amines) is 1. The van der Waals surface area contributed by atoms with E-state index in [1.807, 2.05) is 4.72 Å². The van der Waals surface area contributed by atoms with Crippen LogP contribution in [0.15, 0.2) is 29.2 Å². The Morgan fingerprint density at radius 3 is 2.60 bits per heavy atom. The van der Waals surface area contributed by atoms with Gasteiger partial charge in [-0.3, -0.25) is 4.79 Å². The summed E-state index contributed by atoms with van der Waals surface area (Å²) in [5.74, 6) is -1.94. The Labute approximate surface area is 141 Å². The Morgan fingerprint density at radius 1 is 1.32 bits per heavy atom. The van der Waals surface area contributed by atoms with Gasteiger partial charge in [0.1, 0.15) is 6.04 Å². The van der Waals surface area contributed by atoms with Crippen LogP contribution in [0.4, 0.5) is 13.2 Å². The lowest BCUT2D eigenvalue weighted by Crippen LogP contribution is -2.45. The zero-order chi connectivity index (χ0) is 18.8. The van der Waals surface area contributed by atoms with Crippen molar-refractivity contribution in [3.8, 4) is 0 Å². The van der Waals surface area contributed by atoms with Gasteiger partial charge in [0, 0.05) is 6.54 Å². The second kappa shape index (κ2) is 7.00. The van der Waals surface area contributed by atoms with Crippen LogP contribution in [0.5, 0.6) is 0 Å². The summed E-state index contributed by atoms with van der Waals surface area (Å²) in [5, 5.41) is 9.01. The van der Waals surface area contributed by atoms with Crippen molar-refractivity contribution >= 4 is 21.9 Å². The molecular weight excluding hydrogens is 365 g/mol. The van der Waals surface area contributed by atoms with Crippen LogP contribution in [0.2, 0.25) is 0 Å². The predicted molar refractivity (Wildman–Crippen MR) is 79.0 cm³/mol. The molecule has 1 aliphatic heterocycles. The summed E-state index contributed by atoms with van der Waals surface area (Å²) in [6.45, 7) is -0.552. The normalized spacial score (nSPS) is 18.4. The Balaban J connectivity index is 2.09. The maximum absolute atomic E-state index is 12.7. The van der Waals surface area contributed by atoms with Gasteiger partial charge < -0.3 is 10.0 Å². The summed E-state index contributed by atoms with van der Waals surface area (Å²) in [4.78, 5) is 23.5. The highest BCUT2D eigenvalue weighted by atomic mass is 32.2. The van der Waals surface area contributed by atoms with Crippen molar-refractivity contribution in [2.24, 2.45) is 0 Å². The number of rotatable bonds is 5. The summed E-state index contributed by atoms with van der Waals surface area (Å²) in [6, 6.07) is 2.08. The number of sulfonamides is 1. The van der Waals surface area contributed by atoms with Gasteiger partial charge in [-0.05, 0) is 31.0 Å². The molecule has 1 aliphatic rings. The molecule has 11 heteroatoms. The van der Waals surface area contributed by atoms with Crippen molar-refractivity contribution in [1.82, 2.24) is 9.62 Å². The summed E-state index contributed by atoms with van der Waals surface area (Å²) >= 11 is 0. The van der Waals surface area contributed by atoms with Gasteiger partial charge in [-0.1, -0.05) is 6.07 Å². The number of carboxylic acid groups (broad SMARTS) is 1. The number of aliphatic carboxylic acids is 1. The molecule has 1 atom stereocenters. The SMILES string of the molecule is O=C(O)C1CCCN1C(=O)CNS(=O)(=O)c1cccc(C(F)(F)F)c1. The third-order valence-electron chi connectivity index (χ3n) is 3.74. The molecule has 138 valence electrons. The van der Waals surface area contributed by atoms with Gasteiger partial charge in [0.25, 0.3) is 0 Å². The number of carboxylic acids is 1. The molecule has 0 saturated carbocycles. The molecule has 0 aromatic heterocycles. The molecule has 1 heterocycles. The fraction of sp³-hybridized carbons (Fsp3) is 0.429. The van der Waals surface area contributed by atoms with Crippen molar-refractivity contribution in [1.29, 1.82) is 0 Å². The molecule has 7 nitrogen and oxygen atoms in total. The van der Waals surface area contributed by atoms with Gasteiger partial charge >= 0.3 is 12.1 Å². The quantitative estimate of drug-likeness (QED) is 0.795. The van der Waals surface area contributed by atoms with E-state index in [0.29, 0.717) is 12.5 Å². The van der Waals surface area contributed by atoms with Crippen LogP contribution >= 0.6 is 0 Å². The molecule has 1 aromatic rings. The zero-order valence-corrected chi connectivity index (χ0v) is 13.6. The molecular formula is C14H15F3N2O5S. The monoisotopic (exact) mass is 380 g/mol. The lowest BCUT2D eigenvalue weighted by Gasteiger charge is -2.21. The molecule has 1 fully saturated rings. The van der Waals surface area contributed by atoms with Crippen molar-refractivity contribution in [3.05, 3.63) is 29.8 Å². The number of hydrogen-bond acceptors (Lipinski definition) is 4. The van der Waals surface area contributed by atoms with E-state index in [4.69, 9.17) is 5.11 Å². The second-order valence-electron chi connectivity index (χ2n) is 5.43. The number of halogens is 3. The molecule has 1 aromatic carbocycles. The highest BCUT2D eigenvalue weighted by Crippen LogP contribution is 2.30. The minimum absolute atomic E-state index is 0.182. The molecule has 2 N–H and O–H groups in total. The number of nitrogens with one attached hydrogen (secondary N) is 1. The molecule has 0 radical (unpaired) electrons. The highest BCUT2D eigenvalue weighted by Gasteiger charge is 2.35. The average Bonchev–Trinajstić information content (AvgIpc) is 3.02. The van der Waals surface area contributed by atoms with Crippen LogP contribution < -0.4 is 4.72 Å². The van der Waals surface area contributed by atoms with E-state index in [1.54, 1.807) is 0 Å². The van der Waals surface area contributed by atoms with Crippen LogP contribution in [0.25, 0.3) is 0 Å². The maximum Gasteiger partial charge on any atom is 0.416 e. The van der Waals surface area contributed by atoms with E-state index in [9.17, 15) is 31.2 Å². The summed E-state index contributed by atoms with van der Waals surface area (Å²) in [5.41, 5.74) is -1.13. The van der Waals surface area contributed by atoms with Gasteiger partial charge in [-0.25, -0.2) is 17.9 Å². The Morgan fingerprint density at radius 2 is 2.00 bits per heavy atom. The number of carbonyl (C=O) groups is 2. The molecule has 1 amide bonds. The lowest BCUT2D eigenvalue weighted by atomic mass is 10.2. The molecule has 0 aliphatic carbocycles. The third kappa shape index (κ3) is 4.48. The minimum atomic E-state index is -4.70. The predicted octanol–water partition coefficient (Wildman–Crippen LogP) is 1.06. The number of carbonyl (C=O) groups excluding carboxylic acids is 1. The van der Waals surface area contributed by atoms with E-state index in [-0.39, 0.29) is 13.0 Å². The maximum atomic E-state index is 12.7. The molecule has 2 rings (SSSR count). The fourth-order valence-corrected chi connectivity index (χ4v) is 3.52. The molecule has 0 spiro atoms. The van der Waals surface area contributed by atoms with E-state index in [0.717, 1.165) is 23.1 Å². The van der Waals surface area contributed by atoms with Gasteiger partial charge in [-0.15, -0.1) is 0 Å². The highest BCUT2D eigenvalue weighted by molar-refractivity contribution is 7.89. The number of alkyl halides is 3. The molecule has 0 bridgehead atoms. The Kier molecular flexibility index (Phi) is 5.37. The van der Waals surface area contributed by atoms with Gasteiger partial charge in [0.05, 0.1) is 17.0 Å². The van der Waals surface area contributed by atoms with E-state index in [1.165, 1.54) is 0 Å². The Bertz CT molecular complexity index is 779. The molecule has 25 heavy (non-hydrogen) atoms. The van der Waals surface area contributed by atoms with E-state index < -0.39 is 51.1 Å². The van der Waals surface area contributed by atoms with Crippen molar-refractivity contribution in [3.63, 3.8) is 0 Å². The van der Waals surface area contributed by atoms with Crippen LogP contribution in [0.3, 0.4) is 0 Å². The van der Waals surface area contributed by atoms with Gasteiger partial charge in [-0.2, -0.15) is 13.2 Å². The van der Waals surface area contributed by atoms with Crippen molar-refractivity contribution in [2.45, 2.75) is 30.0 Å². The van der Waals surface area contributed by atoms with Crippen molar-refractivity contribution < 1.29 is 36.3 Å².